The van der Waals surface area contributed by atoms with E-state index >= 15 is 0 Å². The van der Waals surface area contributed by atoms with Crippen LogP contribution in [0.25, 0.3) is 0 Å². The highest BCUT2D eigenvalue weighted by molar-refractivity contribution is 5.23. The van der Waals surface area contributed by atoms with Gasteiger partial charge >= 0.3 is 0 Å². The average molecular weight is 259 g/mol. The van der Waals surface area contributed by atoms with Crippen molar-refractivity contribution in [3.8, 4) is 0 Å². The summed E-state index contributed by atoms with van der Waals surface area (Å²) >= 11 is 0. The third-order valence-electron chi connectivity index (χ3n) is 5.31. The monoisotopic (exact) mass is 259 g/mol. The van der Waals surface area contributed by atoms with Crippen molar-refractivity contribution < 1.29 is 4.74 Å². The fraction of sp³-hybridized carbons (Fsp3) is 0.647. The van der Waals surface area contributed by atoms with Gasteiger partial charge in [-0.2, -0.15) is 0 Å². The Labute approximate surface area is 116 Å². The van der Waals surface area contributed by atoms with Crippen molar-refractivity contribution in [3.05, 3.63) is 35.9 Å². The van der Waals surface area contributed by atoms with E-state index in [1.807, 2.05) is 7.11 Å². The minimum atomic E-state index is 0.284. The summed E-state index contributed by atoms with van der Waals surface area (Å²) in [6.45, 7) is 4.63. The first kappa shape index (κ1) is 13.1. The first-order valence-corrected chi connectivity index (χ1v) is 7.45. The van der Waals surface area contributed by atoms with Gasteiger partial charge in [-0.3, -0.25) is 0 Å². The van der Waals surface area contributed by atoms with E-state index in [4.69, 9.17) is 4.74 Å². The molecule has 1 N–H and O–H groups in total. The zero-order chi connectivity index (χ0) is 13.5. The van der Waals surface area contributed by atoms with Crippen LogP contribution in [-0.4, -0.2) is 25.3 Å². The van der Waals surface area contributed by atoms with Crippen molar-refractivity contribution in [1.82, 2.24) is 5.32 Å². The van der Waals surface area contributed by atoms with Crippen molar-refractivity contribution in [2.75, 3.05) is 7.11 Å². The Morgan fingerprint density at radius 3 is 2.37 bits per heavy atom. The second kappa shape index (κ2) is 4.92. The van der Waals surface area contributed by atoms with E-state index in [1.54, 1.807) is 0 Å². The van der Waals surface area contributed by atoms with Crippen LogP contribution in [0.15, 0.2) is 30.3 Å². The van der Waals surface area contributed by atoms with E-state index in [0.29, 0.717) is 18.2 Å². The molecule has 0 bridgehead atoms. The van der Waals surface area contributed by atoms with Crippen molar-refractivity contribution in [2.45, 2.75) is 57.2 Å². The Morgan fingerprint density at radius 1 is 1.11 bits per heavy atom. The van der Waals surface area contributed by atoms with Gasteiger partial charge in [0.1, 0.15) is 0 Å². The molecular formula is C17H25NO. The molecule has 2 heteroatoms. The molecule has 3 rings (SSSR count). The molecule has 2 unspecified atom stereocenters. The summed E-state index contributed by atoms with van der Waals surface area (Å²) in [6.07, 6.45) is 4.16. The predicted octanol–water partition coefficient (Wildman–Crippen LogP) is 3.34. The van der Waals surface area contributed by atoms with Gasteiger partial charge in [0.25, 0.3) is 0 Å². The zero-order valence-electron chi connectivity index (χ0n) is 12.2. The van der Waals surface area contributed by atoms with E-state index in [-0.39, 0.29) is 5.41 Å². The Kier molecular flexibility index (Phi) is 3.40. The van der Waals surface area contributed by atoms with Crippen LogP contribution >= 0.6 is 0 Å². The number of nitrogens with one attached hydrogen (secondary N) is 1. The molecule has 19 heavy (non-hydrogen) atoms. The van der Waals surface area contributed by atoms with E-state index in [1.165, 1.54) is 18.4 Å². The second-order valence-electron chi connectivity index (χ2n) is 6.78. The summed E-state index contributed by atoms with van der Waals surface area (Å²) in [5.74, 6) is 0.764. The van der Waals surface area contributed by atoms with Gasteiger partial charge in [0.2, 0.25) is 0 Å². The average Bonchev–Trinajstić information content (AvgIpc) is 2.36. The van der Waals surface area contributed by atoms with Crippen LogP contribution in [0.2, 0.25) is 0 Å². The molecule has 0 heterocycles. The fourth-order valence-corrected chi connectivity index (χ4v) is 3.60. The van der Waals surface area contributed by atoms with E-state index in [9.17, 15) is 0 Å². The third kappa shape index (κ3) is 2.32. The van der Waals surface area contributed by atoms with Crippen LogP contribution in [0, 0.1) is 5.41 Å². The van der Waals surface area contributed by atoms with Gasteiger partial charge in [0.05, 0.1) is 6.10 Å². The Hall–Kier alpha value is -0.860. The summed E-state index contributed by atoms with van der Waals surface area (Å²) < 4.78 is 5.52. The number of hydrogen-bond acceptors (Lipinski definition) is 2. The molecule has 2 aliphatic rings. The van der Waals surface area contributed by atoms with Crippen molar-refractivity contribution in [2.24, 2.45) is 5.41 Å². The molecular weight excluding hydrogens is 234 g/mol. The smallest absolute Gasteiger partial charge is 0.0652 e. The number of methoxy groups -OCH3 is 1. The van der Waals surface area contributed by atoms with E-state index in [0.717, 1.165) is 12.3 Å². The molecule has 0 saturated heterocycles. The zero-order valence-corrected chi connectivity index (χ0v) is 12.2. The Balaban J connectivity index is 1.48. The quantitative estimate of drug-likeness (QED) is 0.895. The minimum Gasteiger partial charge on any atom is -0.381 e. The molecule has 2 nitrogen and oxygen atoms in total. The third-order valence-corrected chi connectivity index (χ3v) is 5.31. The fourth-order valence-electron chi connectivity index (χ4n) is 3.60. The molecule has 1 aromatic rings. The lowest BCUT2D eigenvalue weighted by Gasteiger charge is -2.54. The Morgan fingerprint density at radius 2 is 1.79 bits per heavy atom. The molecule has 2 fully saturated rings. The largest absolute Gasteiger partial charge is 0.381 e. The van der Waals surface area contributed by atoms with Crippen LogP contribution in [0.5, 0.6) is 0 Å². The van der Waals surface area contributed by atoms with Crippen molar-refractivity contribution >= 4 is 0 Å². The van der Waals surface area contributed by atoms with Gasteiger partial charge in [-0.1, -0.05) is 44.2 Å². The predicted molar refractivity (Wildman–Crippen MR) is 78.3 cm³/mol. The number of benzene rings is 1. The SMILES string of the molecule is COC1CC(NC2CC(c3ccccc3)C2)C1(C)C. The van der Waals surface area contributed by atoms with Crippen LogP contribution in [0.1, 0.15) is 44.6 Å². The van der Waals surface area contributed by atoms with Crippen LogP contribution in [-0.2, 0) is 4.74 Å². The Bertz CT molecular complexity index is 422. The van der Waals surface area contributed by atoms with Gasteiger partial charge in [-0.15, -0.1) is 0 Å². The molecule has 0 spiro atoms. The summed E-state index contributed by atoms with van der Waals surface area (Å²) in [5.41, 5.74) is 1.79. The topological polar surface area (TPSA) is 21.3 Å². The number of rotatable bonds is 4. The normalized spacial score (nSPS) is 36.4. The second-order valence-corrected chi connectivity index (χ2v) is 6.78. The molecule has 0 amide bonds. The maximum Gasteiger partial charge on any atom is 0.0652 e. The molecule has 0 aliphatic heterocycles. The standard InChI is InChI=1S/C17H25NO/c1-17(2)15(11-16(17)19-3)18-14-9-13(10-14)12-7-5-4-6-8-12/h4-8,13-16,18H,9-11H2,1-3H3. The molecule has 2 saturated carbocycles. The van der Waals surface area contributed by atoms with E-state index in [2.05, 4.69) is 49.5 Å². The minimum absolute atomic E-state index is 0.284. The van der Waals surface area contributed by atoms with E-state index < -0.39 is 0 Å². The first-order valence-electron chi connectivity index (χ1n) is 7.45. The summed E-state index contributed by atoms with van der Waals surface area (Å²) in [4.78, 5) is 0. The highest BCUT2D eigenvalue weighted by Gasteiger charge is 2.49. The lowest BCUT2D eigenvalue weighted by Crippen LogP contribution is -2.63. The maximum absolute atomic E-state index is 5.52. The highest BCUT2D eigenvalue weighted by Crippen LogP contribution is 2.45. The van der Waals surface area contributed by atoms with Crippen molar-refractivity contribution in [3.63, 3.8) is 0 Å². The summed E-state index contributed by atoms with van der Waals surface area (Å²) in [5, 5.41) is 3.83. The molecule has 1 aromatic carbocycles. The highest BCUT2D eigenvalue weighted by atomic mass is 16.5. The molecule has 104 valence electrons. The summed E-state index contributed by atoms with van der Waals surface area (Å²) in [7, 11) is 1.83. The lowest BCUT2D eigenvalue weighted by atomic mass is 9.63. The van der Waals surface area contributed by atoms with Crippen LogP contribution in [0.4, 0.5) is 0 Å². The van der Waals surface area contributed by atoms with Crippen LogP contribution < -0.4 is 5.32 Å². The number of ether oxygens (including phenoxy) is 1. The molecule has 0 aromatic heterocycles. The number of hydrogen-bond donors (Lipinski definition) is 1. The van der Waals surface area contributed by atoms with Crippen LogP contribution in [0.3, 0.4) is 0 Å². The first-order chi connectivity index (χ1) is 9.11. The van der Waals surface area contributed by atoms with Gasteiger partial charge in [0, 0.05) is 24.6 Å². The van der Waals surface area contributed by atoms with Gasteiger partial charge in [0.15, 0.2) is 0 Å². The molecule has 2 atom stereocenters. The maximum atomic E-state index is 5.52. The summed E-state index contributed by atoms with van der Waals surface area (Å²) in [6, 6.07) is 12.2. The molecule has 2 aliphatic carbocycles. The van der Waals surface area contributed by atoms with Crippen molar-refractivity contribution in [1.29, 1.82) is 0 Å². The molecule has 0 radical (unpaired) electrons. The van der Waals surface area contributed by atoms with Gasteiger partial charge in [-0.05, 0) is 30.7 Å². The lowest BCUT2D eigenvalue weighted by molar-refractivity contribution is -0.103. The van der Waals surface area contributed by atoms with Gasteiger partial charge in [-0.25, -0.2) is 0 Å². The van der Waals surface area contributed by atoms with Gasteiger partial charge < -0.3 is 10.1 Å².